The third-order valence-electron chi connectivity index (χ3n) is 2.19. The molecule has 0 amide bonds. The van der Waals surface area contributed by atoms with Crippen LogP contribution in [0.25, 0.3) is 0 Å². The summed E-state index contributed by atoms with van der Waals surface area (Å²) in [5.41, 5.74) is 0. The number of hydrogen-bond donors (Lipinski definition) is 0. The third-order valence-corrected chi connectivity index (χ3v) is 2.19. The predicted molar refractivity (Wildman–Crippen MR) is 41.6 cm³/mol. The third kappa shape index (κ3) is 1.13. The molecule has 0 saturated carbocycles. The molecule has 0 aromatic rings. The minimum Gasteiger partial charge on any atom is -0.454 e. The molecule has 0 aromatic heterocycles. The van der Waals surface area contributed by atoms with Crippen LogP contribution in [-0.2, 0) is 9.47 Å². The first-order valence-corrected chi connectivity index (χ1v) is 4.08. The summed E-state index contributed by atoms with van der Waals surface area (Å²) in [6.07, 6.45) is 6.56. The second-order valence-corrected chi connectivity index (χ2v) is 2.91. The smallest absolute Gasteiger partial charge is 0.231 e. The standard InChI is InChI=1S/C9H12O2/c1-2-7-3-4-8-9(5-7)11-6-10-8/h4-5,7H,2-3,6H2,1H3/t7-/m0/s1. The fourth-order valence-corrected chi connectivity index (χ4v) is 1.41. The zero-order valence-electron chi connectivity index (χ0n) is 6.67. The molecule has 11 heavy (non-hydrogen) atoms. The van der Waals surface area contributed by atoms with E-state index in [0.717, 1.165) is 17.9 Å². The molecule has 2 rings (SSSR count). The molecular weight excluding hydrogens is 140 g/mol. The van der Waals surface area contributed by atoms with Crippen molar-refractivity contribution in [3.8, 4) is 0 Å². The lowest BCUT2D eigenvalue weighted by molar-refractivity contribution is 0.0977. The van der Waals surface area contributed by atoms with Gasteiger partial charge in [0.15, 0.2) is 11.5 Å². The molecule has 2 heteroatoms. The molecule has 1 aliphatic heterocycles. The van der Waals surface area contributed by atoms with Crippen LogP contribution in [0.1, 0.15) is 19.8 Å². The Kier molecular flexibility index (Phi) is 1.60. The summed E-state index contributed by atoms with van der Waals surface area (Å²) in [6, 6.07) is 0. The van der Waals surface area contributed by atoms with Crippen LogP contribution in [0.3, 0.4) is 0 Å². The fraction of sp³-hybridized carbons (Fsp3) is 0.556. The second-order valence-electron chi connectivity index (χ2n) is 2.91. The molecule has 1 aliphatic carbocycles. The quantitative estimate of drug-likeness (QED) is 0.573. The Bertz CT molecular complexity index is 216. The van der Waals surface area contributed by atoms with Crippen molar-refractivity contribution in [1.29, 1.82) is 0 Å². The Morgan fingerprint density at radius 3 is 3.09 bits per heavy atom. The van der Waals surface area contributed by atoms with Crippen LogP contribution < -0.4 is 0 Å². The lowest BCUT2D eigenvalue weighted by Gasteiger charge is -2.12. The van der Waals surface area contributed by atoms with Crippen molar-refractivity contribution in [2.24, 2.45) is 5.92 Å². The number of ether oxygens (including phenoxy) is 2. The van der Waals surface area contributed by atoms with Gasteiger partial charge in [0.25, 0.3) is 0 Å². The average molecular weight is 152 g/mol. The molecule has 1 atom stereocenters. The van der Waals surface area contributed by atoms with Crippen molar-refractivity contribution in [3.63, 3.8) is 0 Å². The van der Waals surface area contributed by atoms with E-state index in [0.29, 0.717) is 12.7 Å². The first-order valence-electron chi connectivity index (χ1n) is 4.08. The topological polar surface area (TPSA) is 18.5 Å². The monoisotopic (exact) mass is 152 g/mol. The van der Waals surface area contributed by atoms with Crippen molar-refractivity contribution < 1.29 is 9.47 Å². The van der Waals surface area contributed by atoms with Gasteiger partial charge in [-0.15, -0.1) is 0 Å². The van der Waals surface area contributed by atoms with E-state index in [9.17, 15) is 0 Å². The summed E-state index contributed by atoms with van der Waals surface area (Å²) < 4.78 is 10.5. The van der Waals surface area contributed by atoms with E-state index < -0.39 is 0 Å². The summed E-state index contributed by atoms with van der Waals surface area (Å²) in [6.45, 7) is 2.59. The van der Waals surface area contributed by atoms with Gasteiger partial charge in [0.1, 0.15) is 0 Å². The molecule has 0 N–H and O–H groups in total. The van der Waals surface area contributed by atoms with Gasteiger partial charge >= 0.3 is 0 Å². The van der Waals surface area contributed by atoms with Crippen LogP contribution in [-0.4, -0.2) is 6.79 Å². The van der Waals surface area contributed by atoms with Gasteiger partial charge in [-0.1, -0.05) is 6.92 Å². The molecule has 0 bridgehead atoms. The molecule has 0 radical (unpaired) electrons. The van der Waals surface area contributed by atoms with Crippen molar-refractivity contribution >= 4 is 0 Å². The van der Waals surface area contributed by atoms with Crippen LogP contribution in [0.2, 0.25) is 0 Å². The summed E-state index contributed by atoms with van der Waals surface area (Å²) >= 11 is 0. The Morgan fingerprint density at radius 1 is 1.45 bits per heavy atom. The van der Waals surface area contributed by atoms with Crippen LogP contribution in [0.4, 0.5) is 0 Å². The number of hydrogen-bond acceptors (Lipinski definition) is 2. The molecule has 60 valence electrons. The van der Waals surface area contributed by atoms with Gasteiger partial charge in [-0.05, 0) is 30.9 Å². The van der Waals surface area contributed by atoms with Gasteiger partial charge in [-0.3, -0.25) is 0 Å². The molecule has 0 aromatic carbocycles. The van der Waals surface area contributed by atoms with Crippen LogP contribution in [0.15, 0.2) is 23.7 Å². The lowest BCUT2D eigenvalue weighted by Crippen LogP contribution is -2.00. The maximum atomic E-state index is 5.26. The maximum absolute atomic E-state index is 5.26. The maximum Gasteiger partial charge on any atom is 0.231 e. The Morgan fingerprint density at radius 2 is 2.27 bits per heavy atom. The Labute approximate surface area is 66.5 Å². The van der Waals surface area contributed by atoms with Crippen LogP contribution in [0.5, 0.6) is 0 Å². The average Bonchev–Trinajstić information content (AvgIpc) is 2.50. The molecule has 1 fully saturated rings. The number of allylic oxidation sites excluding steroid dienone is 2. The highest BCUT2D eigenvalue weighted by atomic mass is 16.7. The Balaban J connectivity index is 2.17. The first kappa shape index (κ1) is 6.77. The van der Waals surface area contributed by atoms with E-state index in [1.54, 1.807) is 0 Å². The highest BCUT2D eigenvalue weighted by Crippen LogP contribution is 2.30. The number of fused-ring (bicyclic) bond motifs is 1. The van der Waals surface area contributed by atoms with Gasteiger partial charge in [0, 0.05) is 0 Å². The molecule has 0 spiro atoms. The van der Waals surface area contributed by atoms with Gasteiger partial charge in [0.2, 0.25) is 6.79 Å². The SMILES string of the molecule is CC[C@@H]1C=C2OCOC2=CC1. The van der Waals surface area contributed by atoms with Crippen molar-refractivity contribution in [2.75, 3.05) is 6.79 Å². The predicted octanol–water partition coefficient (Wildman–Crippen LogP) is 2.19. The van der Waals surface area contributed by atoms with Gasteiger partial charge in [-0.25, -0.2) is 0 Å². The van der Waals surface area contributed by atoms with Crippen LogP contribution in [0, 0.1) is 5.92 Å². The molecule has 1 heterocycles. The highest BCUT2D eigenvalue weighted by molar-refractivity contribution is 5.26. The first-order chi connectivity index (χ1) is 5.40. The normalized spacial score (nSPS) is 27.9. The van der Waals surface area contributed by atoms with Crippen molar-refractivity contribution in [2.45, 2.75) is 19.8 Å². The Hall–Kier alpha value is -0.920. The van der Waals surface area contributed by atoms with Gasteiger partial charge in [-0.2, -0.15) is 0 Å². The molecule has 1 saturated heterocycles. The van der Waals surface area contributed by atoms with E-state index in [2.05, 4.69) is 19.1 Å². The summed E-state index contributed by atoms with van der Waals surface area (Å²) in [5.74, 6) is 2.54. The molecule has 0 unspecified atom stereocenters. The molecule has 2 aliphatic rings. The van der Waals surface area contributed by atoms with E-state index in [1.807, 2.05) is 0 Å². The number of rotatable bonds is 1. The second kappa shape index (κ2) is 2.61. The highest BCUT2D eigenvalue weighted by Gasteiger charge is 2.21. The summed E-state index contributed by atoms with van der Waals surface area (Å²) in [7, 11) is 0. The van der Waals surface area contributed by atoms with Crippen molar-refractivity contribution in [1.82, 2.24) is 0 Å². The molecule has 2 nitrogen and oxygen atoms in total. The van der Waals surface area contributed by atoms with E-state index >= 15 is 0 Å². The summed E-state index contributed by atoms with van der Waals surface area (Å²) in [5, 5.41) is 0. The largest absolute Gasteiger partial charge is 0.454 e. The zero-order chi connectivity index (χ0) is 7.68. The van der Waals surface area contributed by atoms with E-state index in [1.165, 1.54) is 6.42 Å². The fourth-order valence-electron chi connectivity index (χ4n) is 1.41. The minimum absolute atomic E-state index is 0.397. The van der Waals surface area contributed by atoms with Gasteiger partial charge < -0.3 is 9.47 Å². The zero-order valence-corrected chi connectivity index (χ0v) is 6.67. The van der Waals surface area contributed by atoms with E-state index in [-0.39, 0.29) is 0 Å². The summed E-state index contributed by atoms with van der Waals surface area (Å²) in [4.78, 5) is 0. The minimum atomic E-state index is 0.397. The lowest BCUT2D eigenvalue weighted by atomic mass is 9.97. The molecular formula is C9H12O2. The van der Waals surface area contributed by atoms with E-state index in [4.69, 9.17) is 9.47 Å². The van der Waals surface area contributed by atoms with Crippen LogP contribution >= 0.6 is 0 Å². The van der Waals surface area contributed by atoms with Gasteiger partial charge in [0.05, 0.1) is 0 Å². The van der Waals surface area contributed by atoms with Crippen molar-refractivity contribution in [3.05, 3.63) is 23.7 Å².